The van der Waals surface area contributed by atoms with Crippen LogP contribution in [0, 0.1) is 11.7 Å². The minimum atomic E-state index is -0.177. The van der Waals surface area contributed by atoms with E-state index in [-0.39, 0.29) is 11.4 Å². The maximum Gasteiger partial charge on any atom is 0.139 e. The van der Waals surface area contributed by atoms with Crippen LogP contribution >= 0.6 is 15.9 Å². The van der Waals surface area contributed by atoms with Gasteiger partial charge >= 0.3 is 0 Å². The molecule has 0 aromatic heterocycles. The van der Waals surface area contributed by atoms with Gasteiger partial charge in [0, 0.05) is 30.4 Å². The Morgan fingerprint density at radius 3 is 2.80 bits per heavy atom. The molecule has 0 spiro atoms. The van der Waals surface area contributed by atoms with E-state index < -0.39 is 0 Å². The normalized spacial score (nSPS) is 30.6. The molecule has 20 heavy (non-hydrogen) atoms. The maximum atomic E-state index is 13.8. The molecule has 3 rings (SSSR count). The second-order valence-electron chi connectivity index (χ2n) is 6.36. The Labute approximate surface area is 128 Å². The standard InChI is InChI=1S/C16H22BrFN2/c1-3-12-9-19-16(2,11-4-5-11)10-20(12)13-6-7-14(17)15(18)8-13/h6-8,11-12,19H,3-5,9-10H2,1-2H3. The van der Waals surface area contributed by atoms with Crippen LogP contribution in [0.4, 0.5) is 10.1 Å². The summed E-state index contributed by atoms with van der Waals surface area (Å²) in [6.45, 7) is 6.48. The van der Waals surface area contributed by atoms with Crippen molar-refractivity contribution in [2.75, 3.05) is 18.0 Å². The zero-order chi connectivity index (χ0) is 14.3. The third-order valence-corrected chi connectivity index (χ3v) is 5.51. The van der Waals surface area contributed by atoms with Crippen molar-refractivity contribution >= 4 is 21.6 Å². The first-order valence-electron chi connectivity index (χ1n) is 7.50. The van der Waals surface area contributed by atoms with Gasteiger partial charge in [-0.3, -0.25) is 0 Å². The highest BCUT2D eigenvalue weighted by atomic mass is 79.9. The number of piperazine rings is 1. The van der Waals surface area contributed by atoms with Gasteiger partial charge in [0.2, 0.25) is 0 Å². The first-order valence-corrected chi connectivity index (χ1v) is 8.29. The van der Waals surface area contributed by atoms with Gasteiger partial charge in [0.25, 0.3) is 0 Å². The Balaban J connectivity index is 1.88. The summed E-state index contributed by atoms with van der Waals surface area (Å²) in [5.74, 6) is 0.604. The summed E-state index contributed by atoms with van der Waals surface area (Å²) in [5.41, 5.74) is 1.18. The van der Waals surface area contributed by atoms with Gasteiger partial charge in [-0.1, -0.05) is 6.92 Å². The SMILES string of the molecule is CCC1CNC(C)(C2CC2)CN1c1ccc(Br)c(F)c1. The average Bonchev–Trinajstić information content (AvgIpc) is 3.27. The Morgan fingerprint density at radius 1 is 1.45 bits per heavy atom. The van der Waals surface area contributed by atoms with E-state index in [9.17, 15) is 4.39 Å². The second kappa shape index (κ2) is 5.30. The van der Waals surface area contributed by atoms with Crippen LogP contribution < -0.4 is 10.2 Å². The summed E-state index contributed by atoms with van der Waals surface area (Å²) < 4.78 is 14.4. The lowest BCUT2D eigenvalue weighted by atomic mass is 9.90. The number of halogens is 2. The lowest BCUT2D eigenvalue weighted by molar-refractivity contribution is 0.252. The molecule has 1 saturated carbocycles. The summed E-state index contributed by atoms with van der Waals surface area (Å²) in [5, 5.41) is 3.74. The van der Waals surface area contributed by atoms with Crippen molar-refractivity contribution in [3.8, 4) is 0 Å². The largest absolute Gasteiger partial charge is 0.365 e. The Morgan fingerprint density at radius 2 is 2.20 bits per heavy atom. The molecule has 1 saturated heterocycles. The highest BCUT2D eigenvalue weighted by Gasteiger charge is 2.45. The number of hydrogen-bond acceptors (Lipinski definition) is 2. The minimum Gasteiger partial charge on any atom is -0.365 e. The molecule has 2 fully saturated rings. The van der Waals surface area contributed by atoms with Gasteiger partial charge in [-0.2, -0.15) is 0 Å². The fourth-order valence-electron chi connectivity index (χ4n) is 3.32. The lowest BCUT2D eigenvalue weighted by Gasteiger charge is -2.47. The Kier molecular flexibility index (Phi) is 3.80. The Hall–Kier alpha value is -0.610. The molecule has 2 atom stereocenters. The number of benzene rings is 1. The molecule has 1 aliphatic heterocycles. The molecule has 110 valence electrons. The number of rotatable bonds is 3. The Bertz CT molecular complexity index is 503. The fourth-order valence-corrected chi connectivity index (χ4v) is 3.57. The van der Waals surface area contributed by atoms with Crippen LogP contribution in [0.3, 0.4) is 0 Å². The van der Waals surface area contributed by atoms with Crippen molar-refractivity contribution < 1.29 is 4.39 Å². The van der Waals surface area contributed by atoms with Crippen LogP contribution in [-0.4, -0.2) is 24.7 Å². The third-order valence-electron chi connectivity index (χ3n) is 4.87. The van der Waals surface area contributed by atoms with Crippen molar-refractivity contribution in [1.82, 2.24) is 5.32 Å². The predicted molar refractivity (Wildman–Crippen MR) is 84.7 cm³/mol. The van der Waals surface area contributed by atoms with E-state index >= 15 is 0 Å². The molecular weight excluding hydrogens is 319 g/mol. The van der Waals surface area contributed by atoms with Crippen LogP contribution in [0.1, 0.15) is 33.1 Å². The number of anilines is 1. The van der Waals surface area contributed by atoms with Crippen molar-refractivity contribution in [2.24, 2.45) is 5.92 Å². The predicted octanol–water partition coefficient (Wildman–Crippen LogP) is 3.95. The van der Waals surface area contributed by atoms with Crippen LogP contribution in [0.2, 0.25) is 0 Å². The molecule has 2 nitrogen and oxygen atoms in total. The molecule has 1 aliphatic carbocycles. The van der Waals surface area contributed by atoms with Gasteiger partial charge in [-0.25, -0.2) is 4.39 Å². The highest BCUT2D eigenvalue weighted by molar-refractivity contribution is 9.10. The lowest BCUT2D eigenvalue weighted by Crippen LogP contribution is -2.64. The van der Waals surface area contributed by atoms with Gasteiger partial charge in [0.05, 0.1) is 4.47 Å². The van der Waals surface area contributed by atoms with Crippen molar-refractivity contribution in [2.45, 2.75) is 44.7 Å². The molecule has 2 unspecified atom stereocenters. The first-order chi connectivity index (χ1) is 9.53. The van der Waals surface area contributed by atoms with E-state index in [0.29, 0.717) is 10.5 Å². The van der Waals surface area contributed by atoms with E-state index in [2.05, 4.69) is 40.0 Å². The minimum absolute atomic E-state index is 0.176. The van der Waals surface area contributed by atoms with E-state index in [1.165, 1.54) is 12.8 Å². The average molecular weight is 341 g/mol. The van der Waals surface area contributed by atoms with Crippen LogP contribution in [0.5, 0.6) is 0 Å². The summed E-state index contributed by atoms with van der Waals surface area (Å²) in [6, 6.07) is 5.94. The fraction of sp³-hybridized carbons (Fsp3) is 0.625. The topological polar surface area (TPSA) is 15.3 Å². The molecule has 2 aliphatic rings. The number of hydrogen-bond donors (Lipinski definition) is 1. The molecular formula is C16H22BrFN2. The molecule has 0 bridgehead atoms. The summed E-state index contributed by atoms with van der Waals surface area (Å²) in [7, 11) is 0. The molecule has 0 radical (unpaired) electrons. The second-order valence-corrected chi connectivity index (χ2v) is 7.22. The van der Waals surface area contributed by atoms with Crippen LogP contribution in [-0.2, 0) is 0 Å². The van der Waals surface area contributed by atoms with Crippen molar-refractivity contribution in [1.29, 1.82) is 0 Å². The van der Waals surface area contributed by atoms with E-state index in [4.69, 9.17) is 0 Å². The number of nitrogens with zero attached hydrogens (tertiary/aromatic N) is 1. The van der Waals surface area contributed by atoms with Crippen LogP contribution in [0.25, 0.3) is 0 Å². The maximum absolute atomic E-state index is 13.8. The molecule has 0 amide bonds. The van der Waals surface area contributed by atoms with Crippen molar-refractivity contribution in [3.63, 3.8) is 0 Å². The first kappa shape index (κ1) is 14.3. The third kappa shape index (κ3) is 2.60. The molecule has 1 N–H and O–H groups in total. The van der Waals surface area contributed by atoms with Gasteiger partial charge < -0.3 is 10.2 Å². The monoisotopic (exact) mass is 340 g/mol. The summed E-state index contributed by atoms with van der Waals surface area (Å²) >= 11 is 3.24. The smallest absolute Gasteiger partial charge is 0.139 e. The van der Waals surface area contributed by atoms with E-state index in [0.717, 1.165) is 31.1 Å². The number of nitrogens with one attached hydrogen (secondary N) is 1. The van der Waals surface area contributed by atoms with E-state index in [1.807, 2.05) is 12.1 Å². The zero-order valence-corrected chi connectivity index (χ0v) is 13.7. The molecule has 4 heteroatoms. The van der Waals surface area contributed by atoms with Crippen molar-refractivity contribution in [3.05, 3.63) is 28.5 Å². The quantitative estimate of drug-likeness (QED) is 0.896. The highest BCUT2D eigenvalue weighted by Crippen LogP contribution is 2.42. The summed E-state index contributed by atoms with van der Waals surface area (Å²) in [6.07, 6.45) is 3.72. The van der Waals surface area contributed by atoms with Gasteiger partial charge in [0.1, 0.15) is 5.82 Å². The van der Waals surface area contributed by atoms with Gasteiger partial charge in [0.15, 0.2) is 0 Å². The molecule has 1 aromatic rings. The molecule has 1 aromatic carbocycles. The summed E-state index contributed by atoms with van der Waals surface area (Å²) in [4.78, 5) is 2.39. The van der Waals surface area contributed by atoms with E-state index in [1.54, 1.807) is 6.07 Å². The van der Waals surface area contributed by atoms with Gasteiger partial charge in [-0.05, 0) is 66.2 Å². The van der Waals surface area contributed by atoms with Gasteiger partial charge in [-0.15, -0.1) is 0 Å². The zero-order valence-electron chi connectivity index (χ0n) is 12.1. The van der Waals surface area contributed by atoms with Crippen LogP contribution in [0.15, 0.2) is 22.7 Å². The molecule has 1 heterocycles.